The molecule has 34 heavy (non-hydrogen) atoms. The lowest BCUT2D eigenvalue weighted by atomic mass is 9.89. The van der Waals surface area contributed by atoms with Gasteiger partial charge in [-0.1, -0.05) is 35.9 Å². The van der Waals surface area contributed by atoms with Crippen LogP contribution in [0.25, 0.3) is 0 Å². The third-order valence-corrected chi connectivity index (χ3v) is 8.52. The number of aliphatic hydroxyl groups is 1. The smallest absolute Gasteiger partial charge is 0.231 e. The fraction of sp³-hybridized carbons (Fsp3) is 0.385. The van der Waals surface area contributed by atoms with Gasteiger partial charge in [0.2, 0.25) is 6.79 Å². The number of hydrogen-bond acceptors (Lipinski definition) is 7. The summed E-state index contributed by atoms with van der Waals surface area (Å²) >= 11 is 8.13. The van der Waals surface area contributed by atoms with Crippen molar-refractivity contribution in [1.29, 1.82) is 0 Å². The summed E-state index contributed by atoms with van der Waals surface area (Å²) in [6, 6.07) is 13.6. The van der Waals surface area contributed by atoms with E-state index in [4.69, 9.17) is 21.1 Å². The zero-order chi connectivity index (χ0) is 23.3. The number of carbonyl (C=O) groups is 1. The second kappa shape index (κ2) is 8.64. The molecule has 1 saturated carbocycles. The number of likely N-dealkylation sites (tertiary alicyclic amines) is 1. The number of aliphatic hydroxyl groups excluding tert-OH is 1. The van der Waals surface area contributed by atoms with Crippen LogP contribution in [0, 0.1) is 0 Å². The van der Waals surface area contributed by atoms with Gasteiger partial charge in [-0.15, -0.1) is 11.3 Å². The largest absolute Gasteiger partial charge is 0.454 e. The van der Waals surface area contributed by atoms with Crippen LogP contribution in [-0.4, -0.2) is 46.8 Å². The first-order valence-electron chi connectivity index (χ1n) is 11.6. The van der Waals surface area contributed by atoms with Crippen LogP contribution in [0.5, 0.6) is 11.5 Å². The number of ketones is 1. The Labute approximate surface area is 207 Å². The molecule has 6 nitrogen and oxygen atoms in total. The van der Waals surface area contributed by atoms with Crippen LogP contribution in [0.3, 0.4) is 0 Å². The molecule has 3 aliphatic rings. The lowest BCUT2D eigenvalue weighted by Gasteiger charge is -2.27. The van der Waals surface area contributed by atoms with E-state index >= 15 is 0 Å². The molecule has 0 spiro atoms. The first-order chi connectivity index (χ1) is 16.5. The standard InChI is InChI=1S/C26H25ClN2O4S/c27-19-4-2-1-3-18(19)25(29-10-7-17(30)14-29)22-13-28-24(34-22)12-23(31)26(8-9-26)16-5-6-20-21(11-16)33-15-32-20/h1-6,11,13,17,25,30H,7-10,12,14-15H2/t17-,25?/m1/s1. The molecule has 2 aliphatic heterocycles. The van der Waals surface area contributed by atoms with Gasteiger partial charge in [0.05, 0.1) is 24.0 Å². The number of carbonyl (C=O) groups excluding carboxylic acids is 1. The highest BCUT2D eigenvalue weighted by Crippen LogP contribution is 2.51. The lowest BCUT2D eigenvalue weighted by molar-refractivity contribution is -0.120. The van der Waals surface area contributed by atoms with Gasteiger partial charge in [0.15, 0.2) is 11.5 Å². The molecule has 3 aromatic rings. The number of Topliss-reactive ketones (excluding diaryl/α,β-unsaturated/α-hetero) is 1. The zero-order valence-electron chi connectivity index (χ0n) is 18.6. The number of halogens is 1. The molecule has 3 heterocycles. The van der Waals surface area contributed by atoms with Gasteiger partial charge in [0.25, 0.3) is 0 Å². The Morgan fingerprint density at radius 2 is 2.06 bits per heavy atom. The van der Waals surface area contributed by atoms with E-state index in [1.165, 1.54) is 0 Å². The van der Waals surface area contributed by atoms with Crippen molar-refractivity contribution >= 4 is 28.7 Å². The van der Waals surface area contributed by atoms with Crippen molar-refractivity contribution in [3.8, 4) is 11.5 Å². The number of ether oxygens (including phenoxy) is 2. The van der Waals surface area contributed by atoms with Gasteiger partial charge in [-0.3, -0.25) is 9.69 Å². The molecule has 8 heteroatoms. The summed E-state index contributed by atoms with van der Waals surface area (Å²) in [5.74, 6) is 1.64. The highest BCUT2D eigenvalue weighted by molar-refractivity contribution is 7.11. The van der Waals surface area contributed by atoms with Crippen LogP contribution < -0.4 is 9.47 Å². The predicted molar refractivity (Wildman–Crippen MR) is 130 cm³/mol. The van der Waals surface area contributed by atoms with E-state index in [1.807, 2.05) is 48.7 Å². The fourth-order valence-electron chi connectivity index (χ4n) is 5.12. The molecule has 2 atom stereocenters. The number of benzene rings is 2. The van der Waals surface area contributed by atoms with Crippen molar-refractivity contribution in [2.45, 2.75) is 43.2 Å². The minimum Gasteiger partial charge on any atom is -0.454 e. The number of rotatable bonds is 7. The Balaban J connectivity index is 1.25. The third-order valence-electron chi connectivity index (χ3n) is 7.12. The molecular weight excluding hydrogens is 472 g/mol. The predicted octanol–water partition coefficient (Wildman–Crippen LogP) is 4.52. The molecule has 1 aromatic heterocycles. The van der Waals surface area contributed by atoms with E-state index in [9.17, 15) is 9.90 Å². The number of nitrogens with zero attached hydrogens (tertiary/aromatic N) is 2. The summed E-state index contributed by atoms with van der Waals surface area (Å²) in [6.45, 7) is 1.61. The van der Waals surface area contributed by atoms with Gasteiger partial charge >= 0.3 is 0 Å². The normalized spacial score (nSPS) is 21.5. The maximum Gasteiger partial charge on any atom is 0.231 e. The number of hydrogen-bond donors (Lipinski definition) is 1. The highest BCUT2D eigenvalue weighted by Gasteiger charge is 2.51. The first-order valence-corrected chi connectivity index (χ1v) is 12.8. The van der Waals surface area contributed by atoms with Crippen molar-refractivity contribution < 1.29 is 19.4 Å². The van der Waals surface area contributed by atoms with Gasteiger partial charge in [-0.25, -0.2) is 4.98 Å². The van der Waals surface area contributed by atoms with Crippen LogP contribution in [0.15, 0.2) is 48.7 Å². The van der Waals surface area contributed by atoms with E-state index in [0.717, 1.165) is 52.6 Å². The average molecular weight is 497 g/mol. The monoisotopic (exact) mass is 496 g/mol. The fourth-order valence-corrected chi connectivity index (χ4v) is 6.43. The molecule has 0 radical (unpaired) electrons. The number of β-amino-alcohol motifs (C(OH)–C–C–N with tert-alkyl or cyclic N) is 1. The average Bonchev–Trinajstić information content (AvgIpc) is 3.13. The summed E-state index contributed by atoms with van der Waals surface area (Å²) < 4.78 is 10.9. The van der Waals surface area contributed by atoms with Gasteiger partial charge < -0.3 is 14.6 Å². The molecule has 0 bridgehead atoms. The van der Waals surface area contributed by atoms with Crippen molar-refractivity contribution in [2.75, 3.05) is 19.9 Å². The second-order valence-electron chi connectivity index (χ2n) is 9.27. The zero-order valence-corrected chi connectivity index (χ0v) is 20.1. The second-order valence-corrected chi connectivity index (χ2v) is 10.8. The van der Waals surface area contributed by atoms with Crippen molar-refractivity contribution in [3.63, 3.8) is 0 Å². The number of thiazole rings is 1. The molecule has 1 aliphatic carbocycles. The minimum absolute atomic E-state index is 0.0871. The summed E-state index contributed by atoms with van der Waals surface area (Å²) in [4.78, 5) is 21.4. The highest BCUT2D eigenvalue weighted by atomic mass is 35.5. The van der Waals surface area contributed by atoms with Crippen LogP contribution in [0.4, 0.5) is 0 Å². The van der Waals surface area contributed by atoms with Gasteiger partial charge in [0, 0.05) is 29.2 Å². The quantitative estimate of drug-likeness (QED) is 0.518. The van der Waals surface area contributed by atoms with E-state index in [1.54, 1.807) is 11.3 Å². The molecule has 1 N–H and O–H groups in total. The Kier molecular flexibility index (Phi) is 5.60. The number of fused-ring (bicyclic) bond motifs is 1. The Bertz CT molecular complexity index is 1240. The summed E-state index contributed by atoms with van der Waals surface area (Å²) in [5, 5.41) is 11.7. The Morgan fingerprint density at radius 3 is 2.82 bits per heavy atom. The van der Waals surface area contributed by atoms with Crippen molar-refractivity contribution in [2.24, 2.45) is 0 Å². The topological polar surface area (TPSA) is 71.9 Å². The van der Waals surface area contributed by atoms with Gasteiger partial charge in [-0.05, 0) is 48.6 Å². The van der Waals surface area contributed by atoms with E-state index in [2.05, 4.69) is 9.88 Å². The van der Waals surface area contributed by atoms with E-state index in [-0.39, 0.29) is 24.7 Å². The Hall–Kier alpha value is -2.45. The van der Waals surface area contributed by atoms with Crippen LogP contribution in [0.1, 0.15) is 46.3 Å². The van der Waals surface area contributed by atoms with Crippen molar-refractivity contribution in [3.05, 3.63) is 74.7 Å². The maximum absolute atomic E-state index is 13.4. The van der Waals surface area contributed by atoms with Gasteiger partial charge in [0.1, 0.15) is 10.8 Å². The minimum atomic E-state index is -0.450. The molecule has 0 amide bonds. The maximum atomic E-state index is 13.4. The van der Waals surface area contributed by atoms with Crippen LogP contribution >= 0.6 is 22.9 Å². The first kappa shape index (κ1) is 22.0. The summed E-state index contributed by atoms with van der Waals surface area (Å²) in [7, 11) is 0. The van der Waals surface area contributed by atoms with E-state index in [0.29, 0.717) is 23.7 Å². The van der Waals surface area contributed by atoms with Gasteiger partial charge in [-0.2, -0.15) is 0 Å². The van der Waals surface area contributed by atoms with Crippen LogP contribution in [0.2, 0.25) is 5.02 Å². The molecule has 2 aromatic carbocycles. The SMILES string of the molecule is O=C(Cc1ncc(C(c2ccccc2Cl)N2CC[C@@H](O)C2)s1)C1(c2ccc3c(c2)OCO3)CC1. The molecule has 1 unspecified atom stereocenters. The number of aromatic nitrogens is 1. The van der Waals surface area contributed by atoms with E-state index < -0.39 is 5.41 Å². The summed E-state index contributed by atoms with van der Waals surface area (Å²) in [5.41, 5.74) is 1.55. The third kappa shape index (κ3) is 3.90. The molecule has 2 fully saturated rings. The molecule has 176 valence electrons. The molecule has 1 saturated heterocycles. The van der Waals surface area contributed by atoms with Crippen LogP contribution in [-0.2, 0) is 16.6 Å². The van der Waals surface area contributed by atoms with Crippen molar-refractivity contribution in [1.82, 2.24) is 9.88 Å². The lowest BCUT2D eigenvalue weighted by Crippen LogP contribution is -2.28. The molecular formula is C26H25ClN2O4S. The Morgan fingerprint density at radius 1 is 1.24 bits per heavy atom. The summed E-state index contributed by atoms with van der Waals surface area (Å²) in [6.07, 6.45) is 4.26. The molecule has 6 rings (SSSR count).